The van der Waals surface area contributed by atoms with Crippen LogP contribution in [0, 0.1) is 10.1 Å². The number of hydrogen-bond donors (Lipinski definition) is 1. The van der Waals surface area contributed by atoms with Crippen molar-refractivity contribution in [3.63, 3.8) is 0 Å². The fourth-order valence-electron chi connectivity index (χ4n) is 2.22. The highest BCUT2D eigenvalue weighted by atomic mass is 16.6. The molecular formula is C17H14N4O5. The van der Waals surface area contributed by atoms with Gasteiger partial charge in [-0.3, -0.25) is 20.2 Å². The number of hydrogen-bond acceptors (Lipinski definition) is 7. The molecule has 0 fully saturated rings. The van der Waals surface area contributed by atoms with Gasteiger partial charge < -0.3 is 9.15 Å². The molecule has 1 amide bonds. The average Bonchev–Trinajstić information content (AvgIpc) is 3.09. The van der Waals surface area contributed by atoms with Crippen molar-refractivity contribution >= 4 is 17.6 Å². The topological polar surface area (TPSA) is 120 Å². The van der Waals surface area contributed by atoms with Crippen molar-refractivity contribution in [2.75, 3.05) is 12.4 Å². The molecule has 0 bridgehead atoms. The summed E-state index contributed by atoms with van der Waals surface area (Å²) in [6.45, 7) is 0. The number of aromatic nitrogens is 2. The van der Waals surface area contributed by atoms with Crippen LogP contribution in [0.4, 0.5) is 11.7 Å². The van der Waals surface area contributed by atoms with Gasteiger partial charge in [0.2, 0.25) is 5.89 Å². The quantitative estimate of drug-likeness (QED) is 0.533. The summed E-state index contributed by atoms with van der Waals surface area (Å²) >= 11 is 0. The maximum Gasteiger partial charge on any atom is 0.322 e. The maximum atomic E-state index is 12.2. The second-order valence-electron chi connectivity index (χ2n) is 5.29. The van der Waals surface area contributed by atoms with Gasteiger partial charge in [0.15, 0.2) is 0 Å². The van der Waals surface area contributed by atoms with Gasteiger partial charge in [-0.2, -0.15) is 0 Å². The van der Waals surface area contributed by atoms with Crippen LogP contribution < -0.4 is 10.1 Å². The Balaban J connectivity index is 1.66. The van der Waals surface area contributed by atoms with Crippen LogP contribution >= 0.6 is 0 Å². The van der Waals surface area contributed by atoms with Gasteiger partial charge in [0, 0.05) is 17.7 Å². The summed E-state index contributed by atoms with van der Waals surface area (Å²) in [4.78, 5) is 22.4. The molecule has 0 aliphatic carbocycles. The number of anilines is 1. The summed E-state index contributed by atoms with van der Waals surface area (Å²) in [5.41, 5.74) is 0.878. The van der Waals surface area contributed by atoms with Gasteiger partial charge in [-0.25, -0.2) is 0 Å². The van der Waals surface area contributed by atoms with Crippen molar-refractivity contribution in [2.24, 2.45) is 0 Å². The number of methoxy groups -OCH3 is 1. The molecule has 0 unspecified atom stereocenters. The molecule has 0 atom stereocenters. The van der Waals surface area contributed by atoms with E-state index in [9.17, 15) is 14.9 Å². The Hall–Kier alpha value is -3.75. The molecule has 2 aromatic carbocycles. The number of nitrogens with one attached hydrogen (secondary N) is 1. The Morgan fingerprint density at radius 1 is 1.23 bits per heavy atom. The molecule has 3 rings (SSSR count). The van der Waals surface area contributed by atoms with E-state index in [4.69, 9.17) is 9.15 Å². The molecule has 0 aliphatic heterocycles. The lowest BCUT2D eigenvalue weighted by Crippen LogP contribution is -2.12. The molecule has 1 N–H and O–H groups in total. The Kier molecular flexibility index (Phi) is 4.88. The zero-order valence-electron chi connectivity index (χ0n) is 13.7. The van der Waals surface area contributed by atoms with Crippen molar-refractivity contribution < 1.29 is 18.9 Å². The third-order valence-electron chi connectivity index (χ3n) is 3.52. The number of rotatable bonds is 6. The number of carbonyl (C=O) groups excluding carboxylic acids is 1. The maximum absolute atomic E-state index is 12.2. The van der Waals surface area contributed by atoms with Gasteiger partial charge in [-0.05, 0) is 23.8 Å². The van der Waals surface area contributed by atoms with Crippen LogP contribution in [-0.2, 0) is 6.42 Å². The number of carbonyl (C=O) groups is 1. The molecule has 0 radical (unpaired) electrons. The molecule has 9 heteroatoms. The molecule has 26 heavy (non-hydrogen) atoms. The van der Waals surface area contributed by atoms with Gasteiger partial charge in [-0.1, -0.05) is 23.3 Å². The second kappa shape index (κ2) is 7.43. The fourth-order valence-corrected chi connectivity index (χ4v) is 2.22. The highest BCUT2D eigenvalue weighted by Crippen LogP contribution is 2.17. The summed E-state index contributed by atoms with van der Waals surface area (Å²) in [5, 5.41) is 20.8. The Morgan fingerprint density at radius 2 is 2.00 bits per heavy atom. The predicted octanol–water partition coefficient (Wildman–Crippen LogP) is 2.83. The fraction of sp³-hybridized carbons (Fsp3) is 0.118. The molecule has 0 saturated heterocycles. The van der Waals surface area contributed by atoms with Crippen molar-refractivity contribution in [3.8, 4) is 5.75 Å². The summed E-state index contributed by atoms with van der Waals surface area (Å²) in [7, 11) is 1.59. The minimum absolute atomic E-state index is 0.0787. The summed E-state index contributed by atoms with van der Waals surface area (Å²) < 4.78 is 10.5. The number of nitro groups is 1. The van der Waals surface area contributed by atoms with Gasteiger partial charge in [0.25, 0.3) is 11.6 Å². The van der Waals surface area contributed by atoms with E-state index in [1.165, 1.54) is 24.3 Å². The van der Waals surface area contributed by atoms with E-state index < -0.39 is 10.8 Å². The summed E-state index contributed by atoms with van der Waals surface area (Å²) in [6, 6.07) is 12.6. The van der Waals surface area contributed by atoms with Crippen LogP contribution in [0.25, 0.3) is 0 Å². The number of non-ortho nitro benzene ring substituents is 1. The number of nitrogens with zero attached hydrogens (tertiary/aromatic N) is 3. The summed E-state index contributed by atoms with van der Waals surface area (Å²) in [6.07, 6.45) is 0.393. The van der Waals surface area contributed by atoms with Crippen molar-refractivity contribution in [1.82, 2.24) is 10.2 Å². The normalized spacial score (nSPS) is 10.3. The van der Waals surface area contributed by atoms with Gasteiger partial charge in [0.1, 0.15) is 5.75 Å². The lowest BCUT2D eigenvalue weighted by Gasteiger charge is -2.01. The van der Waals surface area contributed by atoms with E-state index in [2.05, 4.69) is 15.5 Å². The lowest BCUT2D eigenvalue weighted by atomic mass is 10.1. The Bertz CT molecular complexity index is 936. The molecule has 1 heterocycles. The predicted molar refractivity (Wildman–Crippen MR) is 91.1 cm³/mol. The minimum Gasteiger partial charge on any atom is -0.497 e. The SMILES string of the molecule is COc1ccc(Cc2nnc(NC(=O)c3cccc([N+](=O)[O-])c3)o2)cc1. The van der Waals surface area contributed by atoms with E-state index in [0.29, 0.717) is 12.3 Å². The molecule has 3 aromatic rings. The second-order valence-corrected chi connectivity index (χ2v) is 5.29. The highest BCUT2D eigenvalue weighted by Gasteiger charge is 2.15. The third kappa shape index (κ3) is 4.01. The highest BCUT2D eigenvalue weighted by molar-refractivity contribution is 6.03. The van der Waals surface area contributed by atoms with Crippen LogP contribution in [0.3, 0.4) is 0 Å². The van der Waals surface area contributed by atoms with Crippen molar-refractivity contribution in [2.45, 2.75) is 6.42 Å². The third-order valence-corrected chi connectivity index (χ3v) is 3.52. The first kappa shape index (κ1) is 17.1. The number of nitro benzene ring substituents is 1. The monoisotopic (exact) mass is 354 g/mol. The Labute approximate surface area is 147 Å². The smallest absolute Gasteiger partial charge is 0.322 e. The first-order valence-electron chi connectivity index (χ1n) is 7.56. The van der Waals surface area contributed by atoms with E-state index in [-0.39, 0.29) is 17.3 Å². The average molecular weight is 354 g/mol. The number of benzene rings is 2. The standard InChI is InChI=1S/C17H14N4O5/c1-25-14-7-5-11(6-8-14)9-15-19-20-17(26-15)18-16(22)12-3-2-4-13(10-12)21(23)24/h2-8,10H,9H2,1H3,(H,18,20,22). The molecule has 0 aliphatic rings. The van der Waals surface area contributed by atoms with Gasteiger partial charge in [0.05, 0.1) is 18.5 Å². The van der Waals surface area contributed by atoms with Gasteiger partial charge >= 0.3 is 6.01 Å². The molecule has 132 valence electrons. The van der Waals surface area contributed by atoms with E-state index in [0.717, 1.165) is 11.3 Å². The van der Waals surface area contributed by atoms with E-state index in [1.807, 2.05) is 24.3 Å². The van der Waals surface area contributed by atoms with Crippen LogP contribution in [0.15, 0.2) is 52.9 Å². The Morgan fingerprint density at radius 3 is 2.69 bits per heavy atom. The zero-order chi connectivity index (χ0) is 18.5. The molecular weight excluding hydrogens is 340 g/mol. The molecule has 9 nitrogen and oxygen atoms in total. The van der Waals surface area contributed by atoms with Crippen LogP contribution in [-0.4, -0.2) is 28.1 Å². The minimum atomic E-state index is -0.576. The van der Waals surface area contributed by atoms with Crippen LogP contribution in [0.1, 0.15) is 21.8 Å². The zero-order valence-corrected chi connectivity index (χ0v) is 13.7. The molecule has 0 spiro atoms. The largest absolute Gasteiger partial charge is 0.497 e. The van der Waals surface area contributed by atoms with E-state index in [1.54, 1.807) is 7.11 Å². The van der Waals surface area contributed by atoms with Crippen LogP contribution in [0.2, 0.25) is 0 Å². The first-order valence-corrected chi connectivity index (χ1v) is 7.56. The van der Waals surface area contributed by atoms with Crippen LogP contribution in [0.5, 0.6) is 5.75 Å². The first-order chi connectivity index (χ1) is 12.5. The van der Waals surface area contributed by atoms with Gasteiger partial charge in [-0.15, -0.1) is 5.10 Å². The molecule has 1 aromatic heterocycles. The summed E-state index contributed by atoms with van der Waals surface area (Å²) in [5.74, 6) is 0.488. The number of amides is 1. The lowest BCUT2D eigenvalue weighted by molar-refractivity contribution is -0.384. The van der Waals surface area contributed by atoms with Crippen molar-refractivity contribution in [1.29, 1.82) is 0 Å². The van der Waals surface area contributed by atoms with Crippen molar-refractivity contribution in [3.05, 3.63) is 75.7 Å². The van der Waals surface area contributed by atoms with E-state index >= 15 is 0 Å². The molecule has 0 saturated carbocycles. The number of ether oxygens (including phenoxy) is 1.